The van der Waals surface area contributed by atoms with Crippen LogP contribution in [0.4, 0.5) is 10.1 Å². The fourth-order valence-corrected chi connectivity index (χ4v) is 3.88. The average molecular weight is 551 g/mol. The number of H-pyrrole nitrogens is 1. The highest BCUT2D eigenvalue weighted by Crippen LogP contribution is 2.22. The van der Waals surface area contributed by atoms with Gasteiger partial charge in [0.1, 0.15) is 5.82 Å². The lowest BCUT2D eigenvalue weighted by molar-refractivity contribution is 0.122. The number of guanidine groups is 1. The van der Waals surface area contributed by atoms with E-state index in [2.05, 4.69) is 45.0 Å². The Morgan fingerprint density at radius 1 is 1.16 bits per heavy atom. The van der Waals surface area contributed by atoms with Crippen LogP contribution >= 0.6 is 24.0 Å². The maximum absolute atomic E-state index is 14.6. The molecule has 0 saturated carbocycles. The zero-order valence-corrected chi connectivity index (χ0v) is 20.7. The molecule has 1 aliphatic rings. The smallest absolute Gasteiger partial charge is 0.191 e. The Morgan fingerprint density at radius 3 is 2.75 bits per heavy atom. The number of nitrogens with one attached hydrogen (secondary N) is 3. The number of nitrogens with zero attached hydrogens (tertiary/aromatic N) is 2. The van der Waals surface area contributed by atoms with Crippen molar-refractivity contribution < 1.29 is 9.13 Å². The van der Waals surface area contributed by atoms with Gasteiger partial charge in [0.15, 0.2) is 5.96 Å². The summed E-state index contributed by atoms with van der Waals surface area (Å²) in [5.41, 5.74) is 3.92. The summed E-state index contributed by atoms with van der Waals surface area (Å²) < 4.78 is 20.0. The SMILES string of the molecule is CCNC(=NCc1ccc(N2CCOCC2)c(F)c1)NCCc1c[nH]c2ccccc12.I. The van der Waals surface area contributed by atoms with Crippen LogP contribution in [0.5, 0.6) is 0 Å². The van der Waals surface area contributed by atoms with E-state index in [9.17, 15) is 4.39 Å². The van der Waals surface area contributed by atoms with Crippen LogP contribution < -0.4 is 15.5 Å². The number of fused-ring (bicyclic) bond motifs is 1. The Kier molecular flexibility index (Phi) is 9.16. The molecule has 6 nitrogen and oxygen atoms in total. The maximum atomic E-state index is 14.6. The molecule has 172 valence electrons. The highest BCUT2D eigenvalue weighted by molar-refractivity contribution is 14.0. The molecule has 2 aromatic carbocycles. The van der Waals surface area contributed by atoms with E-state index in [0.29, 0.717) is 25.4 Å². The molecule has 0 spiro atoms. The minimum Gasteiger partial charge on any atom is -0.378 e. The first kappa shape index (κ1) is 24.3. The van der Waals surface area contributed by atoms with Crippen molar-refractivity contribution >= 4 is 46.5 Å². The Morgan fingerprint density at radius 2 is 1.97 bits per heavy atom. The number of morpholine rings is 1. The zero-order valence-electron chi connectivity index (χ0n) is 18.4. The van der Waals surface area contributed by atoms with Gasteiger partial charge in [-0.25, -0.2) is 9.38 Å². The van der Waals surface area contributed by atoms with E-state index < -0.39 is 0 Å². The van der Waals surface area contributed by atoms with Crippen molar-refractivity contribution in [2.24, 2.45) is 4.99 Å². The molecule has 0 amide bonds. The van der Waals surface area contributed by atoms with E-state index in [1.807, 2.05) is 30.0 Å². The summed E-state index contributed by atoms with van der Waals surface area (Å²) in [6, 6.07) is 13.7. The lowest BCUT2D eigenvalue weighted by Gasteiger charge is -2.29. The van der Waals surface area contributed by atoms with Crippen LogP contribution in [0.3, 0.4) is 0 Å². The van der Waals surface area contributed by atoms with Gasteiger partial charge in [0.25, 0.3) is 0 Å². The summed E-state index contributed by atoms with van der Waals surface area (Å²) in [6.45, 7) is 6.71. The number of aromatic amines is 1. The highest BCUT2D eigenvalue weighted by Gasteiger charge is 2.15. The van der Waals surface area contributed by atoms with Crippen LogP contribution in [-0.2, 0) is 17.7 Å². The van der Waals surface area contributed by atoms with Gasteiger partial charge in [-0.1, -0.05) is 24.3 Å². The van der Waals surface area contributed by atoms with Crippen LogP contribution in [-0.4, -0.2) is 50.3 Å². The summed E-state index contributed by atoms with van der Waals surface area (Å²) >= 11 is 0. The van der Waals surface area contributed by atoms with Gasteiger partial charge in [0, 0.05) is 43.3 Å². The van der Waals surface area contributed by atoms with Crippen molar-refractivity contribution in [3.8, 4) is 0 Å². The number of ether oxygens (including phenoxy) is 1. The summed E-state index contributed by atoms with van der Waals surface area (Å²) in [6.07, 6.45) is 2.95. The van der Waals surface area contributed by atoms with E-state index in [4.69, 9.17) is 4.74 Å². The molecule has 0 bridgehead atoms. The van der Waals surface area contributed by atoms with Crippen LogP contribution in [0.15, 0.2) is 53.7 Å². The minimum atomic E-state index is -0.202. The number of rotatable bonds is 7. The minimum absolute atomic E-state index is 0. The fraction of sp³-hybridized carbons (Fsp3) is 0.375. The van der Waals surface area contributed by atoms with Gasteiger partial charge >= 0.3 is 0 Å². The Balaban J connectivity index is 0.00000289. The Bertz CT molecular complexity index is 1030. The summed E-state index contributed by atoms with van der Waals surface area (Å²) in [4.78, 5) is 9.98. The van der Waals surface area contributed by atoms with E-state index in [0.717, 1.165) is 49.6 Å². The highest BCUT2D eigenvalue weighted by atomic mass is 127. The number of hydrogen-bond acceptors (Lipinski definition) is 3. The molecule has 1 fully saturated rings. The van der Waals surface area contributed by atoms with Crippen LogP contribution in [0, 0.1) is 5.82 Å². The van der Waals surface area contributed by atoms with Crippen LogP contribution in [0.25, 0.3) is 10.9 Å². The first-order valence-electron chi connectivity index (χ1n) is 10.9. The van der Waals surface area contributed by atoms with Crippen LogP contribution in [0.1, 0.15) is 18.1 Å². The van der Waals surface area contributed by atoms with E-state index in [1.165, 1.54) is 10.9 Å². The number of aliphatic imine (C=N–C) groups is 1. The number of hydrogen-bond donors (Lipinski definition) is 3. The molecule has 1 saturated heterocycles. The zero-order chi connectivity index (χ0) is 21.5. The predicted molar refractivity (Wildman–Crippen MR) is 140 cm³/mol. The molecule has 0 unspecified atom stereocenters. The van der Waals surface area contributed by atoms with Gasteiger partial charge in [0.2, 0.25) is 0 Å². The third-order valence-corrected chi connectivity index (χ3v) is 5.49. The third kappa shape index (κ3) is 6.13. The summed E-state index contributed by atoms with van der Waals surface area (Å²) in [5.74, 6) is 0.534. The average Bonchev–Trinajstić information content (AvgIpc) is 3.21. The van der Waals surface area contributed by atoms with Crippen LogP contribution in [0.2, 0.25) is 0 Å². The lowest BCUT2D eigenvalue weighted by Crippen LogP contribution is -2.38. The first-order valence-corrected chi connectivity index (χ1v) is 10.9. The quantitative estimate of drug-likeness (QED) is 0.236. The fourth-order valence-electron chi connectivity index (χ4n) is 3.88. The van der Waals surface area contributed by atoms with Crippen molar-refractivity contribution in [1.29, 1.82) is 0 Å². The molecular formula is C24H31FIN5O. The molecule has 32 heavy (non-hydrogen) atoms. The van der Waals surface area contributed by atoms with Crippen molar-refractivity contribution in [2.75, 3.05) is 44.3 Å². The molecule has 8 heteroatoms. The second-order valence-electron chi connectivity index (χ2n) is 7.62. The molecule has 0 radical (unpaired) electrons. The van der Waals surface area contributed by atoms with Gasteiger partial charge in [-0.15, -0.1) is 24.0 Å². The molecule has 3 N–H and O–H groups in total. The lowest BCUT2D eigenvalue weighted by atomic mass is 10.1. The molecule has 1 aromatic heterocycles. The van der Waals surface area contributed by atoms with E-state index in [-0.39, 0.29) is 29.8 Å². The molecular weight excluding hydrogens is 520 g/mol. The number of para-hydroxylation sites is 1. The summed E-state index contributed by atoms with van der Waals surface area (Å²) in [5, 5.41) is 7.90. The molecule has 3 aromatic rings. The molecule has 2 heterocycles. The Hall–Kier alpha value is -2.33. The molecule has 0 aliphatic carbocycles. The van der Waals surface area contributed by atoms with Gasteiger partial charge in [-0.3, -0.25) is 0 Å². The predicted octanol–water partition coefficient (Wildman–Crippen LogP) is 4.06. The van der Waals surface area contributed by atoms with Crippen molar-refractivity contribution in [3.05, 3.63) is 65.6 Å². The van der Waals surface area contributed by atoms with Crippen molar-refractivity contribution in [3.63, 3.8) is 0 Å². The Labute approximate surface area is 205 Å². The number of halogens is 2. The number of aromatic nitrogens is 1. The normalized spacial score (nSPS) is 14.3. The second-order valence-corrected chi connectivity index (χ2v) is 7.62. The standard InChI is InChI=1S/C24H30FN5O.HI/c1-2-26-24(27-10-9-19-17-28-22-6-4-3-5-20(19)22)29-16-18-7-8-23(21(25)15-18)30-11-13-31-14-12-30;/h3-8,15,17,28H,2,9-14,16H2,1H3,(H2,26,27,29);1H. The number of anilines is 1. The first-order chi connectivity index (χ1) is 15.2. The molecule has 1 aliphatic heterocycles. The second kappa shape index (κ2) is 12.1. The van der Waals surface area contributed by atoms with Gasteiger partial charge < -0.3 is 25.3 Å². The molecule has 0 atom stereocenters. The van der Waals surface area contributed by atoms with Gasteiger partial charge in [0.05, 0.1) is 25.4 Å². The topological polar surface area (TPSA) is 64.7 Å². The van der Waals surface area contributed by atoms with E-state index >= 15 is 0 Å². The number of benzene rings is 2. The monoisotopic (exact) mass is 551 g/mol. The summed E-state index contributed by atoms with van der Waals surface area (Å²) in [7, 11) is 0. The molecule has 4 rings (SSSR count). The maximum Gasteiger partial charge on any atom is 0.191 e. The van der Waals surface area contributed by atoms with Gasteiger partial charge in [-0.2, -0.15) is 0 Å². The van der Waals surface area contributed by atoms with Crippen molar-refractivity contribution in [2.45, 2.75) is 19.9 Å². The largest absolute Gasteiger partial charge is 0.378 e. The van der Waals surface area contributed by atoms with Crippen molar-refractivity contribution in [1.82, 2.24) is 15.6 Å². The third-order valence-electron chi connectivity index (χ3n) is 5.49. The van der Waals surface area contributed by atoms with Gasteiger partial charge in [-0.05, 0) is 42.7 Å². The van der Waals surface area contributed by atoms with E-state index in [1.54, 1.807) is 6.07 Å².